The number of amides is 1. The van der Waals surface area contributed by atoms with Crippen molar-refractivity contribution in [1.82, 2.24) is 5.32 Å². The van der Waals surface area contributed by atoms with Gasteiger partial charge in [0.2, 0.25) is 5.91 Å². The summed E-state index contributed by atoms with van der Waals surface area (Å²) in [4.78, 5) is 11.9. The van der Waals surface area contributed by atoms with Crippen LogP contribution in [0.3, 0.4) is 0 Å². The lowest BCUT2D eigenvalue weighted by Gasteiger charge is -2.25. The number of carbonyl (C=O) groups is 1. The van der Waals surface area contributed by atoms with Crippen molar-refractivity contribution in [2.75, 3.05) is 17.9 Å². The monoisotopic (exact) mass is 376 g/mol. The Morgan fingerprint density at radius 1 is 1.28 bits per heavy atom. The van der Waals surface area contributed by atoms with Gasteiger partial charge in [0, 0.05) is 17.6 Å². The van der Waals surface area contributed by atoms with Crippen LogP contribution in [-0.4, -0.2) is 27.9 Å². The van der Waals surface area contributed by atoms with Crippen LogP contribution in [0, 0.1) is 19.3 Å². The van der Waals surface area contributed by atoms with E-state index >= 15 is 0 Å². The van der Waals surface area contributed by atoms with Gasteiger partial charge in [-0.15, -0.1) is 6.42 Å². The first kappa shape index (κ1) is 18.8. The average Bonchev–Trinajstić information content (AvgIpc) is 2.61. The van der Waals surface area contributed by atoms with Crippen LogP contribution < -0.4 is 9.62 Å². The van der Waals surface area contributed by atoms with Gasteiger partial charge < -0.3 is 5.32 Å². The summed E-state index contributed by atoms with van der Waals surface area (Å²) in [7, 11) is -2.58. The molecule has 2 aromatic carbocycles. The molecule has 0 radical (unpaired) electrons. The van der Waals surface area contributed by atoms with Gasteiger partial charge in [-0.3, -0.25) is 9.10 Å². The molecule has 0 bridgehead atoms. The second-order valence-corrected chi connectivity index (χ2v) is 7.48. The molecule has 0 aliphatic rings. The molecule has 7 heteroatoms. The first-order chi connectivity index (χ1) is 11.8. The topological polar surface area (TPSA) is 66.5 Å². The van der Waals surface area contributed by atoms with Gasteiger partial charge in [-0.1, -0.05) is 29.7 Å². The molecule has 0 heterocycles. The molecule has 2 aromatic rings. The van der Waals surface area contributed by atoms with Gasteiger partial charge in [0.1, 0.15) is 6.54 Å². The number of sulfonamides is 1. The Labute approximate surface area is 152 Å². The Morgan fingerprint density at radius 2 is 1.96 bits per heavy atom. The molecule has 2 rings (SSSR count). The first-order valence-corrected chi connectivity index (χ1v) is 9.18. The van der Waals surface area contributed by atoms with Crippen LogP contribution in [0.15, 0.2) is 47.4 Å². The van der Waals surface area contributed by atoms with E-state index in [0.717, 1.165) is 4.31 Å². The smallest absolute Gasteiger partial charge is 0.265 e. The molecule has 0 unspecified atom stereocenters. The van der Waals surface area contributed by atoms with Crippen LogP contribution >= 0.6 is 11.6 Å². The predicted molar refractivity (Wildman–Crippen MR) is 99.2 cm³/mol. The summed E-state index contributed by atoms with van der Waals surface area (Å²) < 4.78 is 27.4. The fourth-order valence-electron chi connectivity index (χ4n) is 2.26. The first-order valence-electron chi connectivity index (χ1n) is 7.36. The van der Waals surface area contributed by atoms with Crippen LogP contribution in [0.5, 0.6) is 0 Å². The van der Waals surface area contributed by atoms with E-state index in [1.54, 1.807) is 43.3 Å². The van der Waals surface area contributed by atoms with Crippen LogP contribution in [0.2, 0.25) is 5.02 Å². The van der Waals surface area contributed by atoms with E-state index in [9.17, 15) is 13.2 Å². The highest BCUT2D eigenvalue weighted by molar-refractivity contribution is 7.93. The minimum absolute atomic E-state index is 0.0370. The molecule has 0 aromatic heterocycles. The van der Waals surface area contributed by atoms with E-state index in [-0.39, 0.29) is 11.4 Å². The quantitative estimate of drug-likeness (QED) is 0.815. The molecule has 0 aliphatic heterocycles. The highest BCUT2D eigenvalue weighted by Gasteiger charge is 2.29. The SMILES string of the molecule is C#Cc1cccc(N(CC(=O)NC)S(=O)(=O)c2cccc(Cl)c2C)c1. The molecule has 0 saturated heterocycles. The molecule has 1 N–H and O–H groups in total. The Bertz CT molecular complexity index is 949. The predicted octanol–water partition coefficient (Wildman–Crippen LogP) is 2.57. The summed E-state index contributed by atoms with van der Waals surface area (Å²) in [5, 5.41) is 2.76. The molecular weight excluding hydrogens is 360 g/mol. The molecule has 0 aliphatic carbocycles. The standard InChI is InChI=1S/C18H17ClN2O3S/c1-4-14-7-5-8-15(11-14)21(12-18(22)20-3)25(23,24)17-10-6-9-16(19)13(17)2/h1,5-11H,12H2,2-3H3,(H,20,22). The number of halogens is 1. The molecule has 0 atom stereocenters. The summed E-state index contributed by atoms with van der Waals surface area (Å²) in [5.41, 5.74) is 1.23. The Kier molecular flexibility index (Phi) is 5.73. The van der Waals surface area contributed by atoms with E-state index in [2.05, 4.69) is 11.2 Å². The van der Waals surface area contributed by atoms with Crippen molar-refractivity contribution >= 4 is 33.2 Å². The zero-order valence-electron chi connectivity index (χ0n) is 13.8. The van der Waals surface area contributed by atoms with Gasteiger partial charge >= 0.3 is 0 Å². The summed E-state index contributed by atoms with van der Waals surface area (Å²) in [6, 6.07) is 11.1. The third-order valence-electron chi connectivity index (χ3n) is 3.65. The number of nitrogens with one attached hydrogen (secondary N) is 1. The number of nitrogens with zero attached hydrogens (tertiary/aromatic N) is 1. The van der Waals surface area contributed by atoms with Crippen LogP contribution in [0.1, 0.15) is 11.1 Å². The van der Waals surface area contributed by atoms with Crippen LogP contribution in [0.25, 0.3) is 0 Å². The number of carbonyl (C=O) groups excluding carboxylic acids is 1. The number of benzene rings is 2. The normalized spacial score (nSPS) is 10.8. The highest BCUT2D eigenvalue weighted by Crippen LogP contribution is 2.29. The Hall–Kier alpha value is -2.49. The van der Waals surface area contributed by atoms with Crippen molar-refractivity contribution in [3.05, 3.63) is 58.6 Å². The minimum atomic E-state index is -4.02. The molecule has 0 spiro atoms. The van der Waals surface area contributed by atoms with Gasteiger partial charge in [-0.25, -0.2) is 8.42 Å². The zero-order valence-corrected chi connectivity index (χ0v) is 15.4. The summed E-state index contributed by atoms with van der Waals surface area (Å²) in [5.74, 6) is 2.01. The van der Waals surface area contributed by atoms with Gasteiger partial charge in [0.05, 0.1) is 10.6 Å². The zero-order chi connectivity index (χ0) is 18.6. The van der Waals surface area contributed by atoms with Crippen molar-refractivity contribution in [3.8, 4) is 12.3 Å². The molecule has 0 fully saturated rings. The molecule has 0 saturated carbocycles. The van der Waals surface area contributed by atoms with Gasteiger partial charge in [-0.05, 0) is 42.8 Å². The average molecular weight is 377 g/mol. The van der Waals surface area contributed by atoms with E-state index in [0.29, 0.717) is 21.8 Å². The lowest BCUT2D eigenvalue weighted by Crippen LogP contribution is -2.40. The van der Waals surface area contributed by atoms with Crippen molar-refractivity contribution in [2.45, 2.75) is 11.8 Å². The number of anilines is 1. The maximum absolute atomic E-state index is 13.2. The largest absolute Gasteiger partial charge is 0.358 e. The molecular formula is C18H17ClN2O3S. The van der Waals surface area contributed by atoms with Gasteiger partial charge in [0.25, 0.3) is 10.0 Å². The number of likely N-dealkylation sites (N-methyl/N-ethyl adjacent to an activating group) is 1. The van der Waals surface area contributed by atoms with Crippen molar-refractivity contribution in [2.24, 2.45) is 0 Å². The third kappa shape index (κ3) is 3.95. The fraction of sp³-hybridized carbons (Fsp3) is 0.167. The molecule has 5 nitrogen and oxygen atoms in total. The van der Waals surface area contributed by atoms with Crippen molar-refractivity contribution in [1.29, 1.82) is 0 Å². The van der Waals surface area contributed by atoms with Crippen LogP contribution in [-0.2, 0) is 14.8 Å². The lowest BCUT2D eigenvalue weighted by atomic mass is 10.2. The highest BCUT2D eigenvalue weighted by atomic mass is 35.5. The molecule has 25 heavy (non-hydrogen) atoms. The number of terminal acetylenes is 1. The van der Waals surface area contributed by atoms with E-state index in [4.69, 9.17) is 18.0 Å². The van der Waals surface area contributed by atoms with E-state index in [1.165, 1.54) is 13.1 Å². The Morgan fingerprint density at radius 3 is 2.60 bits per heavy atom. The number of hydrogen-bond acceptors (Lipinski definition) is 3. The van der Waals surface area contributed by atoms with Crippen molar-refractivity contribution in [3.63, 3.8) is 0 Å². The maximum atomic E-state index is 13.2. The summed E-state index contributed by atoms with van der Waals surface area (Å²) in [6.07, 6.45) is 5.40. The van der Waals surface area contributed by atoms with E-state index in [1.807, 2.05) is 0 Å². The fourth-order valence-corrected chi connectivity index (χ4v) is 4.15. The Balaban J connectivity index is 2.64. The second kappa shape index (κ2) is 7.60. The summed E-state index contributed by atoms with van der Waals surface area (Å²) in [6.45, 7) is 1.24. The van der Waals surface area contributed by atoms with Gasteiger partial charge in [0.15, 0.2) is 0 Å². The van der Waals surface area contributed by atoms with E-state index < -0.39 is 15.9 Å². The molecule has 1 amide bonds. The lowest BCUT2D eigenvalue weighted by molar-refractivity contribution is -0.119. The van der Waals surface area contributed by atoms with Crippen molar-refractivity contribution < 1.29 is 13.2 Å². The minimum Gasteiger partial charge on any atom is -0.358 e. The van der Waals surface area contributed by atoms with Crippen LogP contribution in [0.4, 0.5) is 5.69 Å². The van der Waals surface area contributed by atoms with Gasteiger partial charge in [-0.2, -0.15) is 0 Å². The summed E-state index contributed by atoms with van der Waals surface area (Å²) >= 11 is 6.06. The second-order valence-electron chi connectivity index (χ2n) is 5.24. The number of rotatable bonds is 5. The number of hydrogen-bond donors (Lipinski definition) is 1. The third-order valence-corrected chi connectivity index (χ3v) is 5.98. The maximum Gasteiger partial charge on any atom is 0.265 e. The molecule has 130 valence electrons.